The zero-order valence-corrected chi connectivity index (χ0v) is 18.6. The number of nitrogens with one attached hydrogen (secondary N) is 1. The number of aromatic nitrogens is 1. The van der Waals surface area contributed by atoms with E-state index in [4.69, 9.17) is 16.3 Å². The minimum Gasteiger partial charge on any atom is -0.474 e. The standard InChI is InChI=1S/C24H32ClN3O/c1-24(2)12-4-5-19(15-24)29-22-9-7-18(16-27-22)28(3)23-20-11-14-26-13-10-17(20)6-8-21(23)25/h6-9,16,19,26H,4-5,10-15H2,1-3H3. The average molecular weight is 414 g/mol. The first kappa shape index (κ1) is 20.5. The first-order valence-electron chi connectivity index (χ1n) is 10.8. The summed E-state index contributed by atoms with van der Waals surface area (Å²) in [5.41, 5.74) is 5.20. The predicted octanol–water partition coefficient (Wildman–Crippen LogP) is 5.54. The van der Waals surface area contributed by atoms with E-state index in [1.807, 2.05) is 18.3 Å². The minimum atomic E-state index is 0.265. The summed E-state index contributed by atoms with van der Waals surface area (Å²) in [7, 11) is 2.07. The van der Waals surface area contributed by atoms with E-state index in [1.165, 1.54) is 24.0 Å². The maximum absolute atomic E-state index is 6.64. The molecule has 2 heterocycles. The number of rotatable bonds is 4. The SMILES string of the molecule is CN(c1ccc(OC2CCCC(C)(C)C2)nc1)c1c(Cl)ccc2c1CCNCC2. The number of hydrogen-bond acceptors (Lipinski definition) is 4. The lowest BCUT2D eigenvalue weighted by atomic mass is 9.76. The zero-order valence-electron chi connectivity index (χ0n) is 17.8. The summed E-state index contributed by atoms with van der Waals surface area (Å²) < 4.78 is 6.20. The summed E-state index contributed by atoms with van der Waals surface area (Å²) in [4.78, 5) is 6.77. The molecule has 2 aromatic rings. The van der Waals surface area contributed by atoms with Crippen LogP contribution in [0, 0.1) is 5.41 Å². The molecule has 0 spiro atoms. The summed E-state index contributed by atoms with van der Waals surface area (Å²) >= 11 is 6.64. The summed E-state index contributed by atoms with van der Waals surface area (Å²) in [6.07, 6.45) is 8.91. The number of pyridine rings is 1. The molecule has 1 aromatic carbocycles. The second-order valence-corrected chi connectivity index (χ2v) is 9.60. The molecule has 1 unspecified atom stereocenters. The molecule has 2 aliphatic rings. The Morgan fingerprint density at radius 1 is 1.17 bits per heavy atom. The van der Waals surface area contributed by atoms with E-state index in [0.717, 1.165) is 55.2 Å². The fourth-order valence-corrected chi connectivity index (χ4v) is 5.06. The Morgan fingerprint density at radius 3 is 2.76 bits per heavy atom. The van der Waals surface area contributed by atoms with Crippen LogP contribution in [0.25, 0.3) is 0 Å². The van der Waals surface area contributed by atoms with Gasteiger partial charge in [-0.1, -0.05) is 31.5 Å². The zero-order chi connectivity index (χ0) is 20.4. The van der Waals surface area contributed by atoms with Gasteiger partial charge in [-0.05, 0) is 80.3 Å². The highest BCUT2D eigenvalue weighted by Crippen LogP contribution is 2.38. The molecule has 0 bridgehead atoms. The fraction of sp³-hybridized carbons (Fsp3) is 0.542. The van der Waals surface area contributed by atoms with Gasteiger partial charge in [0.1, 0.15) is 6.10 Å². The van der Waals surface area contributed by atoms with E-state index in [0.29, 0.717) is 11.3 Å². The maximum atomic E-state index is 6.64. The number of hydrogen-bond donors (Lipinski definition) is 1. The number of anilines is 2. The summed E-state index contributed by atoms with van der Waals surface area (Å²) in [6.45, 7) is 6.66. The highest BCUT2D eigenvalue weighted by molar-refractivity contribution is 6.33. The van der Waals surface area contributed by atoms with Crippen LogP contribution >= 0.6 is 11.6 Å². The van der Waals surface area contributed by atoms with Crippen LogP contribution in [0.5, 0.6) is 5.88 Å². The van der Waals surface area contributed by atoms with Crippen LogP contribution < -0.4 is 15.0 Å². The van der Waals surface area contributed by atoms with Gasteiger partial charge in [0.25, 0.3) is 0 Å². The van der Waals surface area contributed by atoms with E-state index >= 15 is 0 Å². The number of fused-ring (bicyclic) bond motifs is 1. The van der Waals surface area contributed by atoms with Gasteiger partial charge in [-0.2, -0.15) is 0 Å². The molecule has 1 fully saturated rings. The number of halogens is 1. The van der Waals surface area contributed by atoms with Gasteiger partial charge >= 0.3 is 0 Å². The lowest BCUT2D eigenvalue weighted by Gasteiger charge is -2.35. The Morgan fingerprint density at radius 2 is 2.00 bits per heavy atom. The van der Waals surface area contributed by atoms with Crippen LogP contribution in [0.15, 0.2) is 30.5 Å². The number of benzene rings is 1. The van der Waals surface area contributed by atoms with Crippen molar-refractivity contribution in [3.05, 3.63) is 46.6 Å². The van der Waals surface area contributed by atoms with E-state index < -0.39 is 0 Å². The van der Waals surface area contributed by atoms with Crippen molar-refractivity contribution in [2.75, 3.05) is 25.0 Å². The molecule has 1 aliphatic heterocycles. The Balaban J connectivity index is 1.52. The molecule has 1 aromatic heterocycles. The van der Waals surface area contributed by atoms with Crippen molar-refractivity contribution in [3.63, 3.8) is 0 Å². The molecule has 0 amide bonds. The monoisotopic (exact) mass is 413 g/mol. The second kappa shape index (κ2) is 8.53. The highest BCUT2D eigenvalue weighted by atomic mass is 35.5. The van der Waals surface area contributed by atoms with Gasteiger partial charge in [-0.3, -0.25) is 0 Å². The Hall–Kier alpha value is -1.78. The van der Waals surface area contributed by atoms with E-state index in [2.05, 4.69) is 48.2 Å². The van der Waals surface area contributed by atoms with Crippen LogP contribution in [0.3, 0.4) is 0 Å². The van der Waals surface area contributed by atoms with Gasteiger partial charge in [0.15, 0.2) is 0 Å². The number of nitrogens with zero attached hydrogens (tertiary/aromatic N) is 2. The van der Waals surface area contributed by atoms with Crippen LogP contribution in [0.4, 0.5) is 11.4 Å². The summed E-state index contributed by atoms with van der Waals surface area (Å²) in [6, 6.07) is 8.27. The van der Waals surface area contributed by atoms with Gasteiger partial charge in [0.05, 0.1) is 22.6 Å². The van der Waals surface area contributed by atoms with Crippen molar-refractivity contribution in [1.29, 1.82) is 0 Å². The lowest BCUT2D eigenvalue weighted by molar-refractivity contribution is 0.0814. The topological polar surface area (TPSA) is 37.4 Å². The Bertz CT molecular complexity index is 850. The molecule has 29 heavy (non-hydrogen) atoms. The normalized spacial score (nSPS) is 21.2. The van der Waals surface area contributed by atoms with Gasteiger partial charge in [-0.25, -0.2) is 4.98 Å². The fourth-order valence-electron chi connectivity index (χ4n) is 4.76. The van der Waals surface area contributed by atoms with Gasteiger partial charge in [0.2, 0.25) is 5.88 Å². The lowest BCUT2D eigenvalue weighted by Crippen LogP contribution is -2.30. The van der Waals surface area contributed by atoms with Crippen molar-refractivity contribution in [1.82, 2.24) is 10.3 Å². The highest BCUT2D eigenvalue weighted by Gasteiger charge is 2.29. The van der Waals surface area contributed by atoms with Crippen molar-refractivity contribution < 1.29 is 4.74 Å². The summed E-state index contributed by atoms with van der Waals surface area (Å²) in [5.74, 6) is 0.715. The molecule has 0 radical (unpaired) electrons. The van der Waals surface area contributed by atoms with Crippen molar-refractivity contribution in [3.8, 4) is 5.88 Å². The maximum Gasteiger partial charge on any atom is 0.213 e. The van der Waals surface area contributed by atoms with Crippen LogP contribution in [-0.2, 0) is 12.8 Å². The van der Waals surface area contributed by atoms with Gasteiger partial charge in [0, 0.05) is 13.1 Å². The molecule has 1 aliphatic carbocycles. The minimum absolute atomic E-state index is 0.265. The molecule has 1 saturated carbocycles. The largest absolute Gasteiger partial charge is 0.474 e. The van der Waals surface area contributed by atoms with E-state index in [9.17, 15) is 0 Å². The van der Waals surface area contributed by atoms with E-state index in [1.54, 1.807) is 0 Å². The molecule has 0 saturated heterocycles. The Labute approximate surface area is 179 Å². The third-order valence-electron chi connectivity index (χ3n) is 6.34. The predicted molar refractivity (Wildman–Crippen MR) is 121 cm³/mol. The van der Waals surface area contributed by atoms with Gasteiger partial charge in [-0.15, -0.1) is 0 Å². The Kier molecular flexibility index (Phi) is 6.03. The van der Waals surface area contributed by atoms with Crippen molar-refractivity contribution in [2.45, 2.75) is 58.5 Å². The molecular formula is C24H32ClN3O. The molecule has 156 valence electrons. The smallest absolute Gasteiger partial charge is 0.213 e. The molecular weight excluding hydrogens is 382 g/mol. The second-order valence-electron chi connectivity index (χ2n) is 9.20. The van der Waals surface area contributed by atoms with Crippen molar-refractivity contribution >= 4 is 23.0 Å². The van der Waals surface area contributed by atoms with Gasteiger partial charge < -0.3 is 15.0 Å². The molecule has 4 rings (SSSR count). The van der Waals surface area contributed by atoms with Crippen molar-refractivity contribution in [2.24, 2.45) is 5.41 Å². The van der Waals surface area contributed by atoms with E-state index in [-0.39, 0.29) is 6.10 Å². The molecule has 1 atom stereocenters. The average Bonchev–Trinajstić information content (AvgIpc) is 2.93. The third-order valence-corrected chi connectivity index (χ3v) is 6.65. The van der Waals surface area contributed by atoms with Crippen LogP contribution in [0.2, 0.25) is 5.02 Å². The molecule has 5 heteroatoms. The molecule has 1 N–H and O–H groups in total. The number of ether oxygens (including phenoxy) is 1. The summed E-state index contributed by atoms with van der Waals surface area (Å²) in [5, 5.41) is 4.27. The first-order valence-corrected chi connectivity index (χ1v) is 11.2. The van der Waals surface area contributed by atoms with Crippen LogP contribution in [0.1, 0.15) is 50.7 Å². The third kappa shape index (κ3) is 4.70. The quantitative estimate of drug-likeness (QED) is 0.714. The first-order chi connectivity index (χ1) is 13.9. The van der Waals surface area contributed by atoms with Crippen LogP contribution in [-0.4, -0.2) is 31.2 Å². The molecule has 4 nitrogen and oxygen atoms in total.